The first-order chi connectivity index (χ1) is 11.2. The number of hydrogen-bond donors (Lipinski definition) is 1. The van der Waals surface area contributed by atoms with Crippen molar-refractivity contribution in [2.24, 2.45) is 0 Å². The maximum Gasteiger partial charge on any atom is 0.152 e. The molecule has 0 spiro atoms. The molecular weight excluding hydrogens is 310 g/mol. The Hall–Kier alpha value is -1.92. The minimum atomic E-state index is -0.933. The number of pyridine rings is 1. The standard InChI is InChI=1S/C17H21N3O2S/c1-23(21)15-6-4-14(5-7-15)13-19-16-3-2-8-18-17(16)20-9-11-22-12-10-20/h2-8,19H,9-13H2,1H3/t23-/m0/s1. The fraction of sp³-hybridized carbons (Fsp3) is 0.353. The van der Waals surface area contributed by atoms with E-state index in [1.807, 2.05) is 42.6 Å². The highest BCUT2D eigenvalue weighted by Gasteiger charge is 2.15. The molecule has 0 saturated carbocycles. The average Bonchev–Trinajstić information content (AvgIpc) is 2.61. The molecule has 2 heterocycles. The molecule has 1 aromatic heterocycles. The van der Waals surface area contributed by atoms with Gasteiger partial charge in [0.25, 0.3) is 0 Å². The number of hydrogen-bond acceptors (Lipinski definition) is 5. The highest BCUT2D eigenvalue weighted by atomic mass is 32.2. The summed E-state index contributed by atoms with van der Waals surface area (Å²) in [5.74, 6) is 0.974. The maximum atomic E-state index is 11.4. The van der Waals surface area contributed by atoms with E-state index in [4.69, 9.17) is 4.74 Å². The quantitative estimate of drug-likeness (QED) is 0.911. The zero-order valence-electron chi connectivity index (χ0n) is 13.2. The SMILES string of the molecule is C[S@](=O)c1ccc(CNc2cccnc2N2CCOCC2)cc1. The average molecular weight is 331 g/mol. The number of anilines is 2. The number of morpholine rings is 1. The Morgan fingerprint density at radius 3 is 2.65 bits per heavy atom. The van der Waals surface area contributed by atoms with Gasteiger partial charge in [-0.1, -0.05) is 12.1 Å². The summed E-state index contributed by atoms with van der Waals surface area (Å²) < 4.78 is 16.8. The van der Waals surface area contributed by atoms with Gasteiger partial charge < -0.3 is 15.0 Å². The van der Waals surface area contributed by atoms with Gasteiger partial charge in [-0.15, -0.1) is 0 Å². The molecule has 0 radical (unpaired) electrons. The first-order valence-corrected chi connectivity index (χ1v) is 9.24. The minimum Gasteiger partial charge on any atom is -0.378 e. The van der Waals surface area contributed by atoms with Gasteiger partial charge in [-0.2, -0.15) is 0 Å². The van der Waals surface area contributed by atoms with Crippen LogP contribution in [0.5, 0.6) is 0 Å². The minimum absolute atomic E-state index is 0.708. The number of aromatic nitrogens is 1. The van der Waals surface area contributed by atoms with Crippen molar-refractivity contribution in [1.29, 1.82) is 0 Å². The predicted molar refractivity (Wildman–Crippen MR) is 93.4 cm³/mol. The van der Waals surface area contributed by atoms with Gasteiger partial charge in [-0.05, 0) is 29.8 Å². The van der Waals surface area contributed by atoms with E-state index in [1.165, 1.54) is 0 Å². The molecule has 2 aromatic rings. The summed E-state index contributed by atoms with van der Waals surface area (Å²) in [6.45, 7) is 3.92. The van der Waals surface area contributed by atoms with Crippen molar-refractivity contribution in [2.45, 2.75) is 11.4 Å². The third kappa shape index (κ3) is 4.09. The van der Waals surface area contributed by atoms with Gasteiger partial charge in [0.2, 0.25) is 0 Å². The lowest BCUT2D eigenvalue weighted by Crippen LogP contribution is -2.37. The van der Waals surface area contributed by atoms with E-state index < -0.39 is 10.8 Å². The number of nitrogens with one attached hydrogen (secondary N) is 1. The van der Waals surface area contributed by atoms with Gasteiger partial charge in [-0.3, -0.25) is 4.21 Å². The second kappa shape index (κ2) is 7.57. The van der Waals surface area contributed by atoms with Crippen LogP contribution in [0.15, 0.2) is 47.5 Å². The fourth-order valence-electron chi connectivity index (χ4n) is 2.56. The summed E-state index contributed by atoms with van der Waals surface area (Å²) >= 11 is 0. The molecular formula is C17H21N3O2S. The van der Waals surface area contributed by atoms with Crippen LogP contribution in [-0.4, -0.2) is 41.8 Å². The second-order valence-corrected chi connectivity index (χ2v) is 6.81. The Labute approximate surface area is 139 Å². The van der Waals surface area contributed by atoms with Crippen LogP contribution in [-0.2, 0) is 22.1 Å². The van der Waals surface area contributed by atoms with E-state index in [0.29, 0.717) is 6.54 Å². The van der Waals surface area contributed by atoms with E-state index in [0.717, 1.165) is 48.3 Å². The summed E-state index contributed by atoms with van der Waals surface area (Å²) in [6.07, 6.45) is 3.51. The lowest BCUT2D eigenvalue weighted by Gasteiger charge is -2.29. The predicted octanol–water partition coefficient (Wildman–Crippen LogP) is 2.27. The molecule has 0 amide bonds. The summed E-state index contributed by atoms with van der Waals surface area (Å²) in [5.41, 5.74) is 2.17. The molecule has 122 valence electrons. The molecule has 0 bridgehead atoms. The van der Waals surface area contributed by atoms with Gasteiger partial charge in [-0.25, -0.2) is 4.98 Å². The first-order valence-electron chi connectivity index (χ1n) is 7.68. The Bertz CT molecular complexity index is 670. The van der Waals surface area contributed by atoms with E-state index >= 15 is 0 Å². The molecule has 23 heavy (non-hydrogen) atoms. The van der Waals surface area contributed by atoms with Crippen LogP contribution in [0.1, 0.15) is 5.56 Å². The van der Waals surface area contributed by atoms with Crippen molar-refractivity contribution in [3.63, 3.8) is 0 Å². The van der Waals surface area contributed by atoms with Crippen LogP contribution in [0.3, 0.4) is 0 Å². The molecule has 0 unspecified atom stereocenters. The highest BCUT2D eigenvalue weighted by Crippen LogP contribution is 2.24. The van der Waals surface area contributed by atoms with Gasteiger partial charge >= 0.3 is 0 Å². The fourth-order valence-corrected chi connectivity index (χ4v) is 3.08. The van der Waals surface area contributed by atoms with Crippen molar-refractivity contribution >= 4 is 22.3 Å². The molecule has 0 aliphatic carbocycles. The van der Waals surface area contributed by atoms with E-state index in [-0.39, 0.29) is 0 Å². The first kappa shape index (κ1) is 16.0. The van der Waals surface area contributed by atoms with Crippen molar-refractivity contribution in [1.82, 2.24) is 4.98 Å². The Morgan fingerprint density at radius 2 is 1.96 bits per heavy atom. The largest absolute Gasteiger partial charge is 0.378 e. The number of nitrogens with zero attached hydrogens (tertiary/aromatic N) is 2. The Kier molecular flexibility index (Phi) is 5.25. The molecule has 1 aromatic carbocycles. The van der Waals surface area contributed by atoms with Gasteiger partial charge in [0.05, 0.1) is 18.9 Å². The van der Waals surface area contributed by atoms with Crippen molar-refractivity contribution < 1.29 is 8.95 Å². The zero-order valence-corrected chi connectivity index (χ0v) is 14.0. The zero-order chi connectivity index (χ0) is 16.1. The van der Waals surface area contributed by atoms with Crippen LogP contribution in [0.4, 0.5) is 11.5 Å². The summed E-state index contributed by atoms with van der Waals surface area (Å²) in [7, 11) is -0.933. The van der Waals surface area contributed by atoms with Crippen molar-refractivity contribution in [2.75, 3.05) is 42.8 Å². The molecule has 5 nitrogen and oxygen atoms in total. The van der Waals surface area contributed by atoms with E-state index in [9.17, 15) is 4.21 Å². The van der Waals surface area contributed by atoms with Crippen molar-refractivity contribution in [3.8, 4) is 0 Å². The normalized spacial score (nSPS) is 16.1. The number of rotatable bonds is 5. The lowest BCUT2D eigenvalue weighted by molar-refractivity contribution is 0.122. The topological polar surface area (TPSA) is 54.5 Å². The number of benzene rings is 1. The van der Waals surface area contributed by atoms with Crippen LogP contribution in [0, 0.1) is 0 Å². The maximum absolute atomic E-state index is 11.4. The van der Waals surface area contributed by atoms with E-state index in [1.54, 1.807) is 6.26 Å². The van der Waals surface area contributed by atoms with Gasteiger partial charge in [0.1, 0.15) is 0 Å². The lowest BCUT2D eigenvalue weighted by atomic mass is 10.2. The van der Waals surface area contributed by atoms with E-state index in [2.05, 4.69) is 15.2 Å². The molecule has 1 fully saturated rings. The molecule has 3 rings (SSSR count). The molecule has 6 heteroatoms. The van der Waals surface area contributed by atoms with Crippen LogP contribution in [0.25, 0.3) is 0 Å². The van der Waals surface area contributed by atoms with Crippen LogP contribution in [0.2, 0.25) is 0 Å². The molecule has 1 N–H and O–H groups in total. The molecule has 1 aliphatic heterocycles. The van der Waals surface area contributed by atoms with Crippen LogP contribution >= 0.6 is 0 Å². The summed E-state index contributed by atoms with van der Waals surface area (Å²) in [6, 6.07) is 11.8. The smallest absolute Gasteiger partial charge is 0.152 e. The third-order valence-corrected chi connectivity index (χ3v) is 4.77. The third-order valence-electron chi connectivity index (χ3n) is 3.84. The number of ether oxygens (including phenoxy) is 1. The summed E-state index contributed by atoms with van der Waals surface area (Å²) in [5, 5.41) is 3.45. The highest BCUT2D eigenvalue weighted by molar-refractivity contribution is 7.84. The van der Waals surface area contributed by atoms with Crippen molar-refractivity contribution in [3.05, 3.63) is 48.2 Å². The van der Waals surface area contributed by atoms with Gasteiger partial charge in [0, 0.05) is 47.8 Å². The molecule has 1 saturated heterocycles. The second-order valence-electron chi connectivity index (χ2n) is 5.43. The molecule has 1 aliphatic rings. The van der Waals surface area contributed by atoms with Gasteiger partial charge in [0.15, 0.2) is 5.82 Å². The monoisotopic (exact) mass is 331 g/mol. The Balaban J connectivity index is 1.69. The summed E-state index contributed by atoms with van der Waals surface area (Å²) in [4.78, 5) is 7.62. The Morgan fingerprint density at radius 1 is 1.22 bits per heavy atom. The molecule has 1 atom stereocenters. The van der Waals surface area contributed by atoms with Crippen LogP contribution < -0.4 is 10.2 Å².